The maximum Gasteiger partial charge on any atom is 0.264 e. The average molecular weight is 455 g/mol. The zero-order chi connectivity index (χ0) is 19.9. The lowest BCUT2D eigenvalue weighted by Crippen LogP contribution is -2.13. The zero-order valence-corrected chi connectivity index (χ0v) is 17.8. The number of fused-ring (bicyclic) bond motifs is 2. The standard InChI is InChI=1S/C16H14N4O4S4/c1-2-8-27(21,22)16-17-11-7-6-10(9-13(11)25-16)20-28(23,24)14-5-3-4-12-15(14)19-26-18-12/h3-7,9,20H,2,8H2,1H3. The van der Waals surface area contributed by atoms with Gasteiger partial charge in [-0.15, -0.1) is 11.3 Å². The van der Waals surface area contributed by atoms with Crippen molar-refractivity contribution in [2.24, 2.45) is 0 Å². The van der Waals surface area contributed by atoms with E-state index in [2.05, 4.69) is 18.5 Å². The van der Waals surface area contributed by atoms with Gasteiger partial charge in [-0.05, 0) is 36.8 Å². The minimum Gasteiger partial charge on any atom is -0.280 e. The van der Waals surface area contributed by atoms with E-state index in [0.717, 1.165) is 23.1 Å². The third-order valence-corrected chi connectivity index (χ3v) is 9.25. The molecular weight excluding hydrogens is 440 g/mol. The van der Waals surface area contributed by atoms with Crippen molar-refractivity contribution in [3.63, 3.8) is 0 Å². The lowest BCUT2D eigenvalue weighted by Gasteiger charge is -2.08. The summed E-state index contributed by atoms with van der Waals surface area (Å²) < 4.78 is 61.4. The Morgan fingerprint density at radius 3 is 2.64 bits per heavy atom. The van der Waals surface area contributed by atoms with Gasteiger partial charge in [0.2, 0.25) is 14.2 Å². The van der Waals surface area contributed by atoms with Crippen molar-refractivity contribution in [2.45, 2.75) is 22.6 Å². The fourth-order valence-electron chi connectivity index (χ4n) is 2.66. The van der Waals surface area contributed by atoms with Crippen LogP contribution in [0, 0.1) is 0 Å². The molecule has 1 N–H and O–H groups in total. The van der Waals surface area contributed by atoms with Gasteiger partial charge in [0.15, 0.2) is 0 Å². The van der Waals surface area contributed by atoms with Crippen molar-refractivity contribution < 1.29 is 16.8 Å². The van der Waals surface area contributed by atoms with E-state index >= 15 is 0 Å². The van der Waals surface area contributed by atoms with Crippen LogP contribution in [0.2, 0.25) is 0 Å². The van der Waals surface area contributed by atoms with Crippen LogP contribution in [-0.2, 0) is 19.9 Å². The normalized spacial score (nSPS) is 12.6. The molecule has 2 aromatic carbocycles. The molecule has 0 aliphatic carbocycles. The van der Waals surface area contributed by atoms with E-state index in [-0.39, 0.29) is 15.0 Å². The van der Waals surface area contributed by atoms with Crippen molar-refractivity contribution in [3.8, 4) is 0 Å². The summed E-state index contributed by atoms with van der Waals surface area (Å²) in [7, 11) is -7.31. The average Bonchev–Trinajstić information content (AvgIpc) is 3.27. The van der Waals surface area contributed by atoms with E-state index < -0.39 is 19.9 Å². The number of rotatable bonds is 6. The molecule has 0 spiro atoms. The molecule has 0 radical (unpaired) electrons. The van der Waals surface area contributed by atoms with Crippen LogP contribution < -0.4 is 4.72 Å². The van der Waals surface area contributed by atoms with Crippen LogP contribution in [0.5, 0.6) is 0 Å². The number of thiazole rings is 1. The van der Waals surface area contributed by atoms with Gasteiger partial charge in [-0.1, -0.05) is 13.0 Å². The van der Waals surface area contributed by atoms with Crippen LogP contribution in [0.1, 0.15) is 13.3 Å². The van der Waals surface area contributed by atoms with Crippen molar-refractivity contribution >= 4 is 69.9 Å². The van der Waals surface area contributed by atoms with Crippen LogP contribution in [-0.4, -0.2) is 36.3 Å². The molecule has 0 saturated heterocycles. The molecule has 0 fully saturated rings. The van der Waals surface area contributed by atoms with Gasteiger partial charge < -0.3 is 0 Å². The SMILES string of the molecule is CCCS(=O)(=O)c1nc2ccc(NS(=O)(=O)c3cccc4nsnc34)cc2s1. The minimum atomic E-state index is -3.89. The number of nitrogens with one attached hydrogen (secondary N) is 1. The second kappa shape index (κ2) is 7.03. The summed E-state index contributed by atoms with van der Waals surface area (Å²) in [4.78, 5) is 4.21. The Hall–Kier alpha value is -2.15. The van der Waals surface area contributed by atoms with Gasteiger partial charge in [0.05, 0.1) is 33.4 Å². The quantitative estimate of drug-likeness (QED) is 0.475. The lowest BCUT2D eigenvalue weighted by atomic mass is 10.3. The number of aromatic nitrogens is 3. The third-order valence-electron chi connectivity index (χ3n) is 3.90. The van der Waals surface area contributed by atoms with Crippen LogP contribution in [0.4, 0.5) is 5.69 Å². The largest absolute Gasteiger partial charge is 0.280 e. The van der Waals surface area contributed by atoms with Crippen molar-refractivity contribution in [1.82, 2.24) is 13.7 Å². The molecule has 0 saturated carbocycles. The van der Waals surface area contributed by atoms with Gasteiger partial charge in [-0.2, -0.15) is 8.75 Å². The summed E-state index contributed by atoms with van der Waals surface area (Å²) >= 11 is 1.97. The van der Waals surface area contributed by atoms with Crippen LogP contribution in [0.25, 0.3) is 21.3 Å². The molecule has 0 aliphatic rings. The first kappa shape index (κ1) is 19.2. The Kier molecular flexibility index (Phi) is 4.81. The first-order chi connectivity index (χ1) is 13.3. The first-order valence-corrected chi connectivity index (χ1v) is 12.9. The molecule has 12 heteroatoms. The molecule has 2 heterocycles. The Morgan fingerprint density at radius 2 is 1.86 bits per heavy atom. The monoisotopic (exact) mass is 454 g/mol. The molecule has 0 amide bonds. The highest BCUT2D eigenvalue weighted by Crippen LogP contribution is 2.30. The number of sulfonamides is 1. The molecule has 8 nitrogen and oxygen atoms in total. The van der Waals surface area contributed by atoms with Gasteiger partial charge in [0, 0.05) is 0 Å². The molecule has 146 valence electrons. The maximum atomic E-state index is 12.8. The van der Waals surface area contributed by atoms with E-state index in [1.54, 1.807) is 37.3 Å². The van der Waals surface area contributed by atoms with Crippen molar-refractivity contribution in [1.29, 1.82) is 0 Å². The Bertz CT molecular complexity index is 1390. The Balaban J connectivity index is 1.71. The van der Waals surface area contributed by atoms with E-state index in [1.807, 2.05) is 0 Å². The van der Waals surface area contributed by atoms with Gasteiger partial charge in [0.1, 0.15) is 15.9 Å². The van der Waals surface area contributed by atoms with Crippen LogP contribution in [0.15, 0.2) is 45.6 Å². The van der Waals surface area contributed by atoms with Crippen LogP contribution >= 0.6 is 23.1 Å². The summed E-state index contributed by atoms with van der Waals surface area (Å²) in [6, 6.07) is 9.49. The van der Waals surface area contributed by atoms with E-state index in [4.69, 9.17) is 0 Å². The van der Waals surface area contributed by atoms with Crippen molar-refractivity contribution in [3.05, 3.63) is 36.4 Å². The molecular formula is C16H14N4O4S4. The second-order valence-electron chi connectivity index (χ2n) is 5.97. The molecule has 28 heavy (non-hydrogen) atoms. The van der Waals surface area contributed by atoms with Gasteiger partial charge >= 0.3 is 0 Å². The molecule has 4 aromatic rings. The summed E-state index contributed by atoms with van der Waals surface area (Å²) in [6.45, 7) is 1.79. The number of anilines is 1. The Morgan fingerprint density at radius 1 is 1.04 bits per heavy atom. The van der Waals surface area contributed by atoms with E-state index in [0.29, 0.717) is 33.4 Å². The van der Waals surface area contributed by atoms with Crippen molar-refractivity contribution in [2.75, 3.05) is 10.5 Å². The smallest absolute Gasteiger partial charge is 0.264 e. The topological polar surface area (TPSA) is 119 Å². The number of hydrogen-bond acceptors (Lipinski definition) is 9. The lowest BCUT2D eigenvalue weighted by molar-refractivity contribution is 0.594. The molecule has 4 rings (SSSR count). The molecule has 2 aromatic heterocycles. The predicted octanol–water partition coefficient (Wildman–Crippen LogP) is 3.29. The fraction of sp³-hybridized carbons (Fsp3) is 0.188. The maximum absolute atomic E-state index is 12.8. The third kappa shape index (κ3) is 3.48. The highest BCUT2D eigenvalue weighted by atomic mass is 32.2. The van der Waals surface area contributed by atoms with E-state index in [1.165, 1.54) is 6.07 Å². The van der Waals surface area contributed by atoms with Gasteiger partial charge in [-0.3, -0.25) is 4.72 Å². The molecule has 0 aliphatic heterocycles. The molecule has 0 atom stereocenters. The fourth-order valence-corrected chi connectivity index (χ4v) is 7.19. The summed E-state index contributed by atoms with van der Waals surface area (Å²) in [5, 5.41) is 0. The number of benzene rings is 2. The minimum absolute atomic E-state index is 0.0258. The zero-order valence-electron chi connectivity index (χ0n) is 14.5. The number of sulfone groups is 1. The first-order valence-electron chi connectivity index (χ1n) is 8.17. The summed E-state index contributed by atoms with van der Waals surface area (Å²) in [6.07, 6.45) is 0.500. The Labute approximate surface area is 169 Å². The van der Waals surface area contributed by atoms with Gasteiger partial charge in [-0.25, -0.2) is 21.8 Å². The molecule has 0 unspecified atom stereocenters. The molecule has 0 bridgehead atoms. The highest BCUT2D eigenvalue weighted by molar-refractivity contribution is 7.93. The predicted molar refractivity (Wildman–Crippen MR) is 110 cm³/mol. The summed E-state index contributed by atoms with van der Waals surface area (Å²) in [5.74, 6) is 0.0258. The van der Waals surface area contributed by atoms with Gasteiger partial charge in [0.25, 0.3) is 10.0 Å². The summed E-state index contributed by atoms with van der Waals surface area (Å²) in [5.41, 5.74) is 1.65. The number of nitrogens with zero attached hydrogens (tertiary/aromatic N) is 3. The van der Waals surface area contributed by atoms with Crippen LogP contribution in [0.3, 0.4) is 0 Å². The van der Waals surface area contributed by atoms with E-state index in [9.17, 15) is 16.8 Å². The number of hydrogen-bond donors (Lipinski definition) is 1. The second-order valence-corrected chi connectivity index (χ2v) is 11.5. The highest BCUT2D eigenvalue weighted by Gasteiger charge is 2.21.